The van der Waals surface area contributed by atoms with Gasteiger partial charge >= 0.3 is 0 Å². The van der Waals surface area contributed by atoms with Gasteiger partial charge in [-0.05, 0) is 55.2 Å². The van der Waals surface area contributed by atoms with Gasteiger partial charge in [-0.25, -0.2) is 0 Å². The number of benzene rings is 1. The van der Waals surface area contributed by atoms with Crippen molar-refractivity contribution in [2.24, 2.45) is 23.5 Å². The smallest absolute Gasteiger partial charge is 0.225 e. The highest BCUT2D eigenvalue weighted by molar-refractivity contribution is 5.90. The van der Waals surface area contributed by atoms with Crippen LogP contribution in [0, 0.1) is 17.8 Å². The molecule has 1 aromatic rings. The third-order valence-electron chi connectivity index (χ3n) is 5.46. The maximum atomic E-state index is 12.5. The van der Waals surface area contributed by atoms with E-state index >= 15 is 0 Å². The lowest BCUT2D eigenvalue weighted by atomic mass is 9.84. The Kier molecular flexibility index (Phi) is 5.19. The molecule has 1 aromatic carbocycles. The van der Waals surface area contributed by atoms with Crippen LogP contribution in [0.15, 0.2) is 24.3 Å². The van der Waals surface area contributed by atoms with Gasteiger partial charge in [0.2, 0.25) is 11.8 Å². The first-order chi connectivity index (χ1) is 11.6. The summed E-state index contributed by atoms with van der Waals surface area (Å²) in [4.78, 5) is 24.0. The summed E-state index contributed by atoms with van der Waals surface area (Å²) in [6, 6.07) is 7.64. The zero-order valence-corrected chi connectivity index (χ0v) is 14.3. The van der Waals surface area contributed by atoms with Crippen LogP contribution in [0.2, 0.25) is 0 Å². The van der Waals surface area contributed by atoms with Crippen LogP contribution in [-0.4, -0.2) is 17.9 Å². The molecule has 2 fully saturated rings. The largest absolute Gasteiger partial charge is 0.352 e. The monoisotopic (exact) mass is 329 g/mol. The number of hydrogen-bond donors (Lipinski definition) is 3. The lowest BCUT2D eigenvalue weighted by Gasteiger charge is -2.27. The number of anilines is 1. The average molecular weight is 329 g/mol. The second kappa shape index (κ2) is 7.34. The quantitative estimate of drug-likeness (QED) is 0.749. The van der Waals surface area contributed by atoms with Gasteiger partial charge < -0.3 is 16.4 Å². The number of nitrogens with one attached hydrogen (secondary N) is 2. The first-order valence-corrected chi connectivity index (χ1v) is 9.00. The van der Waals surface area contributed by atoms with Crippen molar-refractivity contribution in [2.75, 3.05) is 5.32 Å². The SMILES string of the molecule is CCCC(=O)Nc1ccc(CNC(=O)C2C3CCC(C3)C2N)cc1. The lowest BCUT2D eigenvalue weighted by Crippen LogP contribution is -2.45. The van der Waals surface area contributed by atoms with Gasteiger partial charge in [-0.1, -0.05) is 19.1 Å². The van der Waals surface area contributed by atoms with Crippen molar-refractivity contribution in [3.8, 4) is 0 Å². The molecule has 24 heavy (non-hydrogen) atoms. The van der Waals surface area contributed by atoms with E-state index in [1.165, 1.54) is 6.42 Å². The average Bonchev–Trinajstić information content (AvgIpc) is 3.15. The molecule has 0 saturated heterocycles. The molecule has 4 N–H and O–H groups in total. The van der Waals surface area contributed by atoms with E-state index in [9.17, 15) is 9.59 Å². The molecule has 5 heteroatoms. The molecule has 0 spiro atoms. The van der Waals surface area contributed by atoms with E-state index in [4.69, 9.17) is 5.73 Å². The first-order valence-electron chi connectivity index (χ1n) is 9.00. The number of hydrogen-bond acceptors (Lipinski definition) is 3. The van der Waals surface area contributed by atoms with Crippen molar-refractivity contribution in [3.05, 3.63) is 29.8 Å². The van der Waals surface area contributed by atoms with Crippen molar-refractivity contribution in [1.29, 1.82) is 0 Å². The molecule has 0 aromatic heterocycles. The van der Waals surface area contributed by atoms with Crippen LogP contribution in [0.3, 0.4) is 0 Å². The third-order valence-corrected chi connectivity index (χ3v) is 5.46. The Bertz CT molecular complexity index is 597. The molecule has 4 atom stereocenters. The second-order valence-corrected chi connectivity index (χ2v) is 7.15. The standard InChI is InChI=1S/C19H27N3O2/c1-2-3-16(23)22-15-8-4-12(5-9-15)11-21-19(24)17-13-6-7-14(10-13)18(17)20/h4-5,8-9,13-14,17-18H,2-3,6-7,10-11,20H2,1H3,(H,21,24)(H,22,23). The minimum absolute atomic E-state index is 0.0173. The normalized spacial score (nSPS) is 27.9. The van der Waals surface area contributed by atoms with Gasteiger partial charge in [0.05, 0.1) is 5.92 Å². The van der Waals surface area contributed by atoms with Gasteiger partial charge in [-0.2, -0.15) is 0 Å². The van der Waals surface area contributed by atoms with E-state index in [-0.39, 0.29) is 23.8 Å². The molecule has 0 aliphatic heterocycles. The summed E-state index contributed by atoms with van der Waals surface area (Å²) < 4.78 is 0. The van der Waals surface area contributed by atoms with Crippen molar-refractivity contribution >= 4 is 17.5 Å². The molecule has 2 aliphatic carbocycles. The van der Waals surface area contributed by atoms with Crippen LogP contribution in [0.4, 0.5) is 5.69 Å². The fraction of sp³-hybridized carbons (Fsp3) is 0.579. The Morgan fingerprint density at radius 1 is 1.17 bits per heavy atom. The lowest BCUT2D eigenvalue weighted by molar-refractivity contribution is -0.127. The number of carbonyl (C=O) groups is 2. The fourth-order valence-electron chi connectivity index (χ4n) is 4.19. The number of rotatable bonds is 6. The highest BCUT2D eigenvalue weighted by Crippen LogP contribution is 2.47. The van der Waals surface area contributed by atoms with Gasteiger partial charge in [0.1, 0.15) is 0 Å². The van der Waals surface area contributed by atoms with E-state index in [2.05, 4.69) is 10.6 Å². The van der Waals surface area contributed by atoms with Gasteiger partial charge in [0.25, 0.3) is 0 Å². The van der Waals surface area contributed by atoms with Crippen LogP contribution in [0.5, 0.6) is 0 Å². The van der Waals surface area contributed by atoms with E-state index in [0.717, 1.165) is 30.5 Å². The summed E-state index contributed by atoms with van der Waals surface area (Å²) in [5, 5.41) is 5.89. The first kappa shape index (κ1) is 17.0. The van der Waals surface area contributed by atoms with Crippen LogP contribution in [-0.2, 0) is 16.1 Å². The number of fused-ring (bicyclic) bond motifs is 2. The van der Waals surface area contributed by atoms with Crippen molar-refractivity contribution < 1.29 is 9.59 Å². The van der Waals surface area contributed by atoms with Crippen LogP contribution in [0.1, 0.15) is 44.6 Å². The number of amides is 2. The Morgan fingerprint density at radius 3 is 2.50 bits per heavy atom. The molecule has 2 amide bonds. The Hall–Kier alpha value is -1.88. The molecule has 2 saturated carbocycles. The fourth-order valence-corrected chi connectivity index (χ4v) is 4.19. The molecule has 4 unspecified atom stereocenters. The van der Waals surface area contributed by atoms with Crippen molar-refractivity contribution in [3.63, 3.8) is 0 Å². The molecule has 2 bridgehead atoms. The molecular formula is C19H27N3O2. The van der Waals surface area contributed by atoms with E-state index in [1.54, 1.807) is 0 Å². The van der Waals surface area contributed by atoms with Gasteiger partial charge in [-0.15, -0.1) is 0 Å². The maximum absolute atomic E-state index is 12.5. The van der Waals surface area contributed by atoms with Crippen LogP contribution < -0.4 is 16.4 Å². The van der Waals surface area contributed by atoms with E-state index in [1.807, 2.05) is 31.2 Å². The third kappa shape index (κ3) is 3.61. The predicted molar refractivity (Wildman–Crippen MR) is 94.1 cm³/mol. The molecule has 5 nitrogen and oxygen atoms in total. The van der Waals surface area contributed by atoms with Crippen LogP contribution >= 0.6 is 0 Å². The highest BCUT2D eigenvalue weighted by atomic mass is 16.2. The predicted octanol–water partition coefficient (Wildman–Crippen LogP) is 2.41. The van der Waals surface area contributed by atoms with Crippen molar-refractivity contribution in [2.45, 2.75) is 51.6 Å². The topological polar surface area (TPSA) is 84.2 Å². The minimum atomic E-state index is -0.0173. The Labute approximate surface area is 143 Å². The summed E-state index contributed by atoms with van der Waals surface area (Å²) in [7, 11) is 0. The molecule has 2 aliphatic rings. The zero-order chi connectivity index (χ0) is 17.1. The summed E-state index contributed by atoms with van der Waals surface area (Å²) in [5.41, 5.74) is 8.04. The van der Waals surface area contributed by atoms with E-state index < -0.39 is 0 Å². The van der Waals surface area contributed by atoms with Crippen molar-refractivity contribution in [1.82, 2.24) is 5.32 Å². The minimum Gasteiger partial charge on any atom is -0.352 e. The Morgan fingerprint density at radius 2 is 1.88 bits per heavy atom. The molecule has 130 valence electrons. The molecule has 0 heterocycles. The summed E-state index contributed by atoms with van der Waals surface area (Å²) in [6.45, 7) is 2.48. The molecule has 3 rings (SSSR count). The maximum Gasteiger partial charge on any atom is 0.225 e. The highest BCUT2D eigenvalue weighted by Gasteiger charge is 2.48. The van der Waals surface area contributed by atoms with Gasteiger partial charge in [0.15, 0.2) is 0 Å². The summed E-state index contributed by atoms with van der Waals surface area (Å²) in [5.74, 6) is 1.12. The van der Waals surface area contributed by atoms with Gasteiger partial charge in [0, 0.05) is 24.7 Å². The van der Waals surface area contributed by atoms with E-state index in [0.29, 0.717) is 24.8 Å². The number of nitrogens with two attached hydrogens (primary N) is 1. The van der Waals surface area contributed by atoms with Crippen LogP contribution in [0.25, 0.3) is 0 Å². The number of carbonyl (C=O) groups excluding carboxylic acids is 2. The van der Waals surface area contributed by atoms with Gasteiger partial charge in [-0.3, -0.25) is 9.59 Å². The Balaban J connectivity index is 1.50. The summed E-state index contributed by atoms with van der Waals surface area (Å²) in [6.07, 6.45) is 4.80. The second-order valence-electron chi connectivity index (χ2n) is 7.15. The molecule has 0 radical (unpaired) electrons. The molecular weight excluding hydrogens is 302 g/mol. The summed E-state index contributed by atoms with van der Waals surface area (Å²) >= 11 is 0. The zero-order valence-electron chi connectivity index (χ0n) is 14.3.